The number of para-hydroxylation sites is 1. The number of nitrogens with two attached hydrogens (primary N) is 1. The number of rotatable bonds is 5. The minimum absolute atomic E-state index is 0.196. The summed E-state index contributed by atoms with van der Waals surface area (Å²) in [6.45, 7) is 2.06. The van der Waals surface area contributed by atoms with Crippen LogP contribution in [-0.2, 0) is 6.42 Å². The Kier molecular flexibility index (Phi) is 5.30. The number of aryl methyl sites for hydroxylation is 1. The first-order valence-electron chi connectivity index (χ1n) is 6.67. The molecule has 4 N–H and O–H groups in total. The summed E-state index contributed by atoms with van der Waals surface area (Å²) < 4.78 is 0.832. The van der Waals surface area contributed by atoms with E-state index in [9.17, 15) is 4.79 Å². The summed E-state index contributed by atoms with van der Waals surface area (Å²) in [6, 6.07) is 10.9. The van der Waals surface area contributed by atoms with Gasteiger partial charge in [-0.1, -0.05) is 25.5 Å². The number of hydrogen-bond donors (Lipinski definition) is 3. The minimum Gasteiger partial charge on any atom is -0.321 e. The van der Waals surface area contributed by atoms with Gasteiger partial charge in [-0.15, -0.1) is 0 Å². The average Bonchev–Trinajstić information content (AvgIpc) is 2.49. The number of carbonyl (C=O) groups is 1. The molecular weight excluding hydrogens is 332 g/mol. The normalized spacial score (nSPS) is 10.2. The van der Waals surface area contributed by atoms with Crippen molar-refractivity contribution in [1.82, 2.24) is 4.98 Å². The van der Waals surface area contributed by atoms with E-state index in [0.29, 0.717) is 11.4 Å². The number of benzene rings is 1. The smallest absolute Gasteiger partial charge is 0.255 e. The third-order valence-corrected chi connectivity index (χ3v) is 3.61. The van der Waals surface area contributed by atoms with Gasteiger partial charge >= 0.3 is 0 Å². The van der Waals surface area contributed by atoms with E-state index in [1.165, 1.54) is 0 Å². The van der Waals surface area contributed by atoms with E-state index in [1.807, 2.05) is 24.3 Å². The van der Waals surface area contributed by atoms with Gasteiger partial charge in [-0.3, -0.25) is 4.79 Å². The molecule has 21 heavy (non-hydrogen) atoms. The van der Waals surface area contributed by atoms with Crippen molar-refractivity contribution in [1.29, 1.82) is 0 Å². The van der Waals surface area contributed by atoms with Gasteiger partial charge in [0, 0.05) is 15.7 Å². The molecule has 0 atom stereocenters. The molecular formula is C15H17BrN4O. The van der Waals surface area contributed by atoms with Gasteiger partial charge in [-0.25, -0.2) is 10.8 Å². The largest absolute Gasteiger partial charge is 0.321 e. The van der Waals surface area contributed by atoms with E-state index in [4.69, 9.17) is 5.84 Å². The number of nitrogens with one attached hydrogen (secondary N) is 2. The molecule has 0 saturated carbocycles. The van der Waals surface area contributed by atoms with Crippen LogP contribution in [0.4, 0.5) is 11.5 Å². The van der Waals surface area contributed by atoms with E-state index in [2.05, 4.69) is 38.6 Å². The van der Waals surface area contributed by atoms with Crippen molar-refractivity contribution >= 4 is 33.3 Å². The van der Waals surface area contributed by atoms with Crippen molar-refractivity contribution in [3.8, 4) is 0 Å². The Hall–Kier alpha value is -1.92. The molecule has 1 aromatic heterocycles. The third kappa shape index (κ3) is 4.03. The van der Waals surface area contributed by atoms with E-state index in [1.54, 1.807) is 12.1 Å². The molecule has 1 aromatic carbocycles. The molecule has 0 aliphatic rings. The Balaban J connectivity index is 2.26. The summed E-state index contributed by atoms with van der Waals surface area (Å²) >= 11 is 3.41. The fraction of sp³-hybridized carbons (Fsp3) is 0.200. The number of nitrogen functional groups attached to an aromatic ring is 1. The van der Waals surface area contributed by atoms with Crippen LogP contribution in [0.25, 0.3) is 0 Å². The van der Waals surface area contributed by atoms with E-state index < -0.39 is 0 Å². The first-order valence-corrected chi connectivity index (χ1v) is 7.46. The Morgan fingerprint density at radius 3 is 2.76 bits per heavy atom. The van der Waals surface area contributed by atoms with E-state index in [0.717, 1.165) is 28.7 Å². The molecule has 110 valence electrons. The molecule has 0 radical (unpaired) electrons. The van der Waals surface area contributed by atoms with Gasteiger partial charge in [0.2, 0.25) is 0 Å². The van der Waals surface area contributed by atoms with Crippen molar-refractivity contribution in [2.45, 2.75) is 19.8 Å². The molecule has 0 aliphatic heterocycles. The molecule has 0 bridgehead atoms. The second kappa shape index (κ2) is 7.19. The Labute approximate surface area is 132 Å². The van der Waals surface area contributed by atoms with Crippen LogP contribution in [0.5, 0.6) is 0 Å². The topological polar surface area (TPSA) is 80.0 Å². The number of aromatic nitrogens is 1. The van der Waals surface area contributed by atoms with Gasteiger partial charge in [0.1, 0.15) is 5.82 Å². The zero-order chi connectivity index (χ0) is 15.2. The fourth-order valence-electron chi connectivity index (χ4n) is 1.93. The number of anilines is 2. The van der Waals surface area contributed by atoms with Crippen LogP contribution in [0.1, 0.15) is 29.4 Å². The first-order chi connectivity index (χ1) is 10.1. The lowest BCUT2D eigenvalue weighted by molar-refractivity contribution is 0.102. The lowest BCUT2D eigenvalue weighted by atomic mass is 10.1. The van der Waals surface area contributed by atoms with Crippen molar-refractivity contribution < 1.29 is 4.79 Å². The lowest BCUT2D eigenvalue weighted by Gasteiger charge is -2.10. The van der Waals surface area contributed by atoms with Crippen molar-refractivity contribution in [2.75, 3.05) is 10.7 Å². The zero-order valence-corrected chi connectivity index (χ0v) is 13.3. The van der Waals surface area contributed by atoms with Crippen LogP contribution < -0.4 is 16.6 Å². The molecule has 5 nitrogen and oxygen atoms in total. The molecule has 1 heterocycles. The summed E-state index contributed by atoms with van der Waals surface area (Å²) in [5.41, 5.74) is 4.58. The van der Waals surface area contributed by atoms with Crippen LogP contribution in [0, 0.1) is 0 Å². The molecule has 6 heteroatoms. The second-order valence-electron chi connectivity index (χ2n) is 4.56. The summed E-state index contributed by atoms with van der Waals surface area (Å²) in [4.78, 5) is 16.7. The summed E-state index contributed by atoms with van der Waals surface area (Å²) in [5.74, 6) is 5.70. The average molecular weight is 349 g/mol. The lowest BCUT2D eigenvalue weighted by Crippen LogP contribution is -2.16. The highest BCUT2D eigenvalue weighted by Crippen LogP contribution is 2.22. The predicted octanol–water partition coefficient (Wildman–Crippen LogP) is 3.33. The van der Waals surface area contributed by atoms with E-state index in [-0.39, 0.29) is 5.91 Å². The monoisotopic (exact) mass is 348 g/mol. The Bertz CT molecular complexity index is 645. The quantitative estimate of drug-likeness (QED) is 0.571. The fourth-order valence-corrected chi connectivity index (χ4v) is 2.32. The molecule has 2 aromatic rings. The number of halogens is 1. The van der Waals surface area contributed by atoms with Crippen molar-refractivity contribution in [3.63, 3.8) is 0 Å². The maximum Gasteiger partial charge on any atom is 0.255 e. The van der Waals surface area contributed by atoms with Crippen LogP contribution in [-0.4, -0.2) is 10.9 Å². The number of hydrogen-bond acceptors (Lipinski definition) is 4. The van der Waals surface area contributed by atoms with Gasteiger partial charge in [-0.2, -0.15) is 0 Å². The van der Waals surface area contributed by atoms with Crippen LogP contribution in [0.3, 0.4) is 0 Å². The van der Waals surface area contributed by atoms with E-state index >= 15 is 0 Å². The molecule has 0 aliphatic carbocycles. The number of nitrogens with zero attached hydrogens (tertiary/aromatic N) is 1. The van der Waals surface area contributed by atoms with Gasteiger partial charge in [0.05, 0.1) is 5.69 Å². The molecule has 2 rings (SSSR count). The number of pyridine rings is 1. The van der Waals surface area contributed by atoms with Crippen LogP contribution >= 0.6 is 15.9 Å². The predicted molar refractivity (Wildman–Crippen MR) is 88.1 cm³/mol. The van der Waals surface area contributed by atoms with Gasteiger partial charge in [0.25, 0.3) is 5.91 Å². The summed E-state index contributed by atoms with van der Waals surface area (Å²) in [6.07, 6.45) is 1.75. The molecule has 0 unspecified atom stereocenters. The minimum atomic E-state index is -0.196. The highest BCUT2D eigenvalue weighted by Gasteiger charge is 2.11. The second-order valence-corrected chi connectivity index (χ2v) is 5.42. The number of carbonyl (C=O) groups excluding carboxylic acids is 1. The van der Waals surface area contributed by atoms with Crippen LogP contribution in [0.15, 0.2) is 40.9 Å². The van der Waals surface area contributed by atoms with Crippen molar-refractivity contribution in [2.24, 2.45) is 5.84 Å². The Morgan fingerprint density at radius 2 is 2.10 bits per heavy atom. The summed E-state index contributed by atoms with van der Waals surface area (Å²) in [5, 5.41) is 2.86. The van der Waals surface area contributed by atoms with Gasteiger partial charge in [-0.05, 0) is 46.6 Å². The highest BCUT2D eigenvalue weighted by molar-refractivity contribution is 9.10. The SMILES string of the molecule is CCCc1cc(C(=O)Nc2ccccc2Br)cc(NN)n1. The first kappa shape index (κ1) is 15.5. The van der Waals surface area contributed by atoms with Crippen molar-refractivity contribution in [3.05, 3.63) is 52.1 Å². The Morgan fingerprint density at radius 1 is 1.33 bits per heavy atom. The van der Waals surface area contributed by atoms with Gasteiger partial charge < -0.3 is 10.7 Å². The third-order valence-electron chi connectivity index (χ3n) is 2.92. The molecule has 0 spiro atoms. The zero-order valence-electron chi connectivity index (χ0n) is 11.7. The summed E-state index contributed by atoms with van der Waals surface area (Å²) in [7, 11) is 0. The van der Waals surface area contributed by atoms with Crippen LogP contribution in [0.2, 0.25) is 0 Å². The molecule has 0 fully saturated rings. The standard InChI is InChI=1S/C15H17BrN4O/c1-2-5-11-8-10(9-14(18-11)20-17)15(21)19-13-7-4-3-6-12(13)16/h3-4,6-9H,2,5,17H2,1H3,(H,18,20)(H,19,21). The number of hydrazine groups is 1. The maximum absolute atomic E-state index is 12.4. The maximum atomic E-state index is 12.4. The highest BCUT2D eigenvalue weighted by atomic mass is 79.9. The number of amides is 1. The molecule has 1 amide bonds. The molecule has 0 saturated heterocycles. The van der Waals surface area contributed by atoms with Gasteiger partial charge in [0.15, 0.2) is 0 Å².